The highest BCUT2D eigenvalue weighted by Gasteiger charge is 2.31. The Labute approximate surface area is 80.2 Å². The lowest BCUT2D eigenvalue weighted by Gasteiger charge is -1.95. The van der Waals surface area contributed by atoms with Crippen molar-refractivity contribution in [3.05, 3.63) is 0 Å². The molecule has 9 nitrogen and oxygen atoms in total. The highest BCUT2D eigenvalue weighted by atomic mass is 16.6. The van der Waals surface area contributed by atoms with Gasteiger partial charge < -0.3 is 14.9 Å². The fourth-order valence-corrected chi connectivity index (χ4v) is 0.352. The van der Waals surface area contributed by atoms with Crippen LogP contribution in [0.4, 0.5) is 0 Å². The Morgan fingerprint density at radius 3 is 1.13 bits per heavy atom. The number of hydrogen-bond acceptors (Lipinski definition) is 7. The molecule has 0 unspecified atom stereocenters. The van der Waals surface area contributed by atoms with E-state index >= 15 is 0 Å². The number of carboxylic acids is 2. The maximum Gasteiger partial charge on any atom is 0.394 e. The summed E-state index contributed by atoms with van der Waals surface area (Å²) >= 11 is 0. The summed E-state index contributed by atoms with van der Waals surface area (Å²) < 4.78 is 3.36. The van der Waals surface area contributed by atoms with Crippen LogP contribution in [0.2, 0.25) is 0 Å². The molecule has 0 aromatic heterocycles. The standard InChI is InChI=1S/C6H2O9/c7-1(3(9)10)5(13)15-6(14)2(8)4(11)12/h(H,9,10)(H,11,12). The van der Waals surface area contributed by atoms with Crippen molar-refractivity contribution in [2.75, 3.05) is 0 Å². The Balaban J connectivity index is 4.51. The highest BCUT2D eigenvalue weighted by molar-refractivity contribution is 6.65. The lowest BCUT2D eigenvalue weighted by molar-refractivity contribution is -0.171. The molecule has 2 N–H and O–H groups in total. The summed E-state index contributed by atoms with van der Waals surface area (Å²) in [5, 5.41) is 15.9. The van der Waals surface area contributed by atoms with E-state index in [1.165, 1.54) is 0 Å². The van der Waals surface area contributed by atoms with E-state index < -0.39 is 35.4 Å². The summed E-state index contributed by atoms with van der Waals surface area (Å²) in [4.78, 5) is 61.1. The number of esters is 2. The van der Waals surface area contributed by atoms with E-state index in [0.29, 0.717) is 0 Å². The van der Waals surface area contributed by atoms with E-state index in [1.54, 1.807) is 0 Å². The van der Waals surface area contributed by atoms with Crippen molar-refractivity contribution in [3.63, 3.8) is 0 Å². The molecule has 0 aromatic rings. The van der Waals surface area contributed by atoms with Gasteiger partial charge in [-0.1, -0.05) is 0 Å². The van der Waals surface area contributed by atoms with Crippen molar-refractivity contribution in [2.45, 2.75) is 0 Å². The van der Waals surface area contributed by atoms with E-state index in [9.17, 15) is 28.8 Å². The molecule has 0 aromatic carbocycles. The van der Waals surface area contributed by atoms with Crippen LogP contribution in [-0.4, -0.2) is 45.7 Å². The number of ether oxygens (including phenoxy) is 1. The van der Waals surface area contributed by atoms with Crippen LogP contribution in [0, 0.1) is 0 Å². The van der Waals surface area contributed by atoms with Gasteiger partial charge in [0.2, 0.25) is 0 Å². The van der Waals surface area contributed by atoms with Crippen molar-refractivity contribution >= 4 is 35.4 Å². The van der Waals surface area contributed by atoms with Gasteiger partial charge in [-0.3, -0.25) is 9.59 Å². The zero-order valence-electron chi connectivity index (χ0n) is 6.75. The number of carbonyl (C=O) groups is 6. The normalized spacial score (nSPS) is 8.80. The average molecular weight is 218 g/mol. The maximum atomic E-state index is 10.4. The number of carbonyl (C=O) groups excluding carboxylic acids is 4. The van der Waals surface area contributed by atoms with Crippen molar-refractivity contribution < 1.29 is 43.7 Å². The molecule has 9 heteroatoms. The Morgan fingerprint density at radius 1 is 0.667 bits per heavy atom. The van der Waals surface area contributed by atoms with Crippen molar-refractivity contribution in [1.29, 1.82) is 0 Å². The summed E-state index contributed by atoms with van der Waals surface area (Å²) in [6.45, 7) is 0. The third kappa shape index (κ3) is 3.34. The third-order valence-corrected chi connectivity index (χ3v) is 0.945. The first-order valence-electron chi connectivity index (χ1n) is 3.08. The summed E-state index contributed by atoms with van der Waals surface area (Å²) in [6.07, 6.45) is 0. The van der Waals surface area contributed by atoms with E-state index in [4.69, 9.17) is 10.2 Å². The second-order valence-electron chi connectivity index (χ2n) is 1.95. The molecular weight excluding hydrogens is 216 g/mol. The molecule has 0 spiro atoms. The second kappa shape index (κ2) is 4.60. The summed E-state index contributed by atoms with van der Waals surface area (Å²) in [5.74, 6) is -12.9. The van der Waals surface area contributed by atoms with Crippen LogP contribution in [0.3, 0.4) is 0 Å². The molecule has 80 valence electrons. The second-order valence-corrected chi connectivity index (χ2v) is 1.95. The van der Waals surface area contributed by atoms with Crippen LogP contribution >= 0.6 is 0 Å². The van der Waals surface area contributed by atoms with E-state index in [0.717, 1.165) is 0 Å². The van der Waals surface area contributed by atoms with Crippen molar-refractivity contribution in [2.24, 2.45) is 0 Å². The van der Waals surface area contributed by atoms with Crippen LogP contribution in [0.25, 0.3) is 0 Å². The zero-order valence-corrected chi connectivity index (χ0v) is 6.75. The largest absolute Gasteiger partial charge is 0.475 e. The minimum absolute atomic E-state index is 2.10. The molecule has 0 saturated heterocycles. The predicted octanol–water partition coefficient (Wildman–Crippen LogP) is -2.64. The van der Waals surface area contributed by atoms with Gasteiger partial charge in [0.15, 0.2) is 0 Å². The van der Waals surface area contributed by atoms with Gasteiger partial charge >= 0.3 is 35.4 Å². The van der Waals surface area contributed by atoms with Gasteiger partial charge in [0, 0.05) is 0 Å². The molecule has 0 aliphatic carbocycles. The third-order valence-electron chi connectivity index (χ3n) is 0.945. The first kappa shape index (κ1) is 12.4. The Bertz CT molecular complexity index is 340. The first-order valence-corrected chi connectivity index (χ1v) is 3.08. The number of ketones is 2. The van der Waals surface area contributed by atoms with Gasteiger partial charge in [-0.2, -0.15) is 0 Å². The highest BCUT2D eigenvalue weighted by Crippen LogP contribution is 1.86. The number of hydrogen-bond donors (Lipinski definition) is 2. The number of Topliss-reactive ketones (excluding diaryl/α,β-unsaturated/α-hetero) is 2. The monoisotopic (exact) mass is 218 g/mol. The first-order chi connectivity index (χ1) is 6.77. The van der Waals surface area contributed by atoms with Crippen LogP contribution < -0.4 is 0 Å². The molecule has 0 bridgehead atoms. The Morgan fingerprint density at radius 2 is 0.933 bits per heavy atom. The summed E-state index contributed by atoms with van der Waals surface area (Å²) in [5.41, 5.74) is 0. The van der Waals surface area contributed by atoms with Crippen LogP contribution in [0.5, 0.6) is 0 Å². The molecule has 15 heavy (non-hydrogen) atoms. The van der Waals surface area contributed by atoms with E-state index in [2.05, 4.69) is 4.74 Å². The maximum absolute atomic E-state index is 10.4. The fraction of sp³-hybridized carbons (Fsp3) is 0. The van der Waals surface area contributed by atoms with E-state index in [-0.39, 0.29) is 0 Å². The molecule has 0 radical (unpaired) electrons. The lowest BCUT2D eigenvalue weighted by Crippen LogP contribution is -2.33. The number of carboxylic acid groups (broad SMARTS) is 2. The SMILES string of the molecule is O=C(O)C(=O)C(=O)OC(=O)C(=O)C(=O)O. The van der Waals surface area contributed by atoms with Crippen molar-refractivity contribution in [1.82, 2.24) is 0 Å². The lowest BCUT2D eigenvalue weighted by atomic mass is 10.4. The Kier molecular flexibility index (Phi) is 3.81. The molecule has 0 amide bonds. The minimum Gasteiger partial charge on any atom is -0.475 e. The zero-order chi connectivity index (χ0) is 12.2. The molecule has 0 aliphatic rings. The average Bonchev–Trinajstić information content (AvgIpc) is 2.14. The van der Waals surface area contributed by atoms with Gasteiger partial charge in [0.05, 0.1) is 0 Å². The molecule has 0 atom stereocenters. The molecule has 0 aliphatic heterocycles. The van der Waals surface area contributed by atoms with Gasteiger partial charge in [0.25, 0.3) is 0 Å². The van der Waals surface area contributed by atoms with Gasteiger partial charge in [0.1, 0.15) is 0 Å². The summed E-state index contributed by atoms with van der Waals surface area (Å²) in [6, 6.07) is 0. The molecule has 0 heterocycles. The van der Waals surface area contributed by atoms with Gasteiger partial charge in [-0.25, -0.2) is 19.2 Å². The van der Waals surface area contributed by atoms with E-state index in [1.807, 2.05) is 0 Å². The molecule has 0 saturated carbocycles. The fourth-order valence-electron chi connectivity index (χ4n) is 0.352. The number of rotatable bonds is 4. The van der Waals surface area contributed by atoms with Crippen LogP contribution in [0.1, 0.15) is 0 Å². The smallest absolute Gasteiger partial charge is 0.394 e. The van der Waals surface area contributed by atoms with Crippen molar-refractivity contribution in [3.8, 4) is 0 Å². The molecular formula is C6H2O9. The summed E-state index contributed by atoms with van der Waals surface area (Å²) in [7, 11) is 0. The topological polar surface area (TPSA) is 152 Å². The van der Waals surface area contributed by atoms with Gasteiger partial charge in [-0.05, 0) is 0 Å². The Hall–Kier alpha value is -2.58. The van der Waals surface area contributed by atoms with Crippen LogP contribution in [-0.2, 0) is 33.5 Å². The molecule has 0 fully saturated rings. The van der Waals surface area contributed by atoms with Crippen LogP contribution in [0.15, 0.2) is 0 Å². The molecule has 0 rings (SSSR count). The van der Waals surface area contributed by atoms with Gasteiger partial charge in [-0.15, -0.1) is 0 Å². The minimum atomic E-state index is -2.20. The quantitative estimate of drug-likeness (QED) is 0.293. The predicted molar refractivity (Wildman–Crippen MR) is 36.4 cm³/mol. The number of aliphatic carboxylic acids is 2.